The number of hydrogen-bond donors (Lipinski definition) is 1. The maximum Gasteiger partial charge on any atom is 0.387 e. The van der Waals surface area contributed by atoms with Crippen LogP contribution in [-0.4, -0.2) is 38.7 Å². The van der Waals surface area contributed by atoms with E-state index in [0.717, 1.165) is 17.4 Å². The molecule has 0 bridgehead atoms. The molecule has 0 unspecified atom stereocenters. The molecule has 0 radical (unpaired) electrons. The van der Waals surface area contributed by atoms with Gasteiger partial charge in [-0.25, -0.2) is 0 Å². The van der Waals surface area contributed by atoms with Gasteiger partial charge in [0.2, 0.25) is 0 Å². The van der Waals surface area contributed by atoms with Crippen LogP contribution in [0.5, 0.6) is 11.5 Å². The third-order valence-corrected chi connectivity index (χ3v) is 3.53. The highest BCUT2D eigenvalue weighted by molar-refractivity contribution is 5.96. The highest BCUT2D eigenvalue weighted by Gasteiger charge is 2.11. The van der Waals surface area contributed by atoms with Crippen molar-refractivity contribution in [3.05, 3.63) is 59.7 Å². The molecule has 0 fully saturated rings. The Bertz CT molecular complexity index is 765. The Hall–Kier alpha value is -3.16. The molecule has 8 heteroatoms. The zero-order valence-corrected chi connectivity index (χ0v) is 14.6. The van der Waals surface area contributed by atoms with E-state index < -0.39 is 18.5 Å². The van der Waals surface area contributed by atoms with Gasteiger partial charge in [-0.05, 0) is 35.9 Å². The summed E-state index contributed by atoms with van der Waals surface area (Å²) >= 11 is 0. The number of hydrogen-bond acceptors (Lipinski definition) is 5. The summed E-state index contributed by atoms with van der Waals surface area (Å²) in [7, 11) is 1.58. The molecule has 2 rings (SSSR count). The molecule has 0 aliphatic heterocycles. The lowest BCUT2D eigenvalue weighted by Crippen LogP contribution is -2.31. The fourth-order valence-electron chi connectivity index (χ4n) is 2.19. The maximum absolute atomic E-state index is 12.2. The number of amides is 1. The van der Waals surface area contributed by atoms with Gasteiger partial charge in [0.25, 0.3) is 5.91 Å². The highest BCUT2D eigenvalue weighted by atomic mass is 19.3. The van der Waals surface area contributed by atoms with E-state index in [9.17, 15) is 18.4 Å². The van der Waals surface area contributed by atoms with Crippen LogP contribution in [0.2, 0.25) is 0 Å². The van der Waals surface area contributed by atoms with Crippen molar-refractivity contribution in [2.75, 3.05) is 20.3 Å². The summed E-state index contributed by atoms with van der Waals surface area (Å²) in [5.74, 6) is -0.597. The first-order chi connectivity index (χ1) is 13.0. The summed E-state index contributed by atoms with van der Waals surface area (Å²) in [5.41, 5.74) is 1.07. The van der Waals surface area contributed by atoms with Crippen molar-refractivity contribution < 1.29 is 32.6 Å². The van der Waals surface area contributed by atoms with Crippen LogP contribution in [-0.2, 0) is 16.0 Å². The molecule has 0 saturated carbocycles. The third kappa shape index (κ3) is 6.93. The average molecular weight is 379 g/mol. The number of carbonyl (C=O) groups is 2. The molecule has 0 atom stereocenters. The van der Waals surface area contributed by atoms with Crippen LogP contribution >= 0.6 is 0 Å². The largest absolute Gasteiger partial charge is 0.497 e. The van der Waals surface area contributed by atoms with Gasteiger partial charge in [0.1, 0.15) is 18.0 Å². The molecule has 144 valence electrons. The van der Waals surface area contributed by atoms with Gasteiger partial charge in [-0.1, -0.05) is 18.2 Å². The van der Waals surface area contributed by atoms with Crippen molar-refractivity contribution in [3.8, 4) is 11.5 Å². The number of alkyl halides is 2. The van der Waals surface area contributed by atoms with Gasteiger partial charge in [0, 0.05) is 12.0 Å². The molecule has 0 heterocycles. The Labute approximate surface area is 155 Å². The smallest absolute Gasteiger partial charge is 0.387 e. The number of esters is 1. The zero-order chi connectivity index (χ0) is 19.6. The minimum atomic E-state index is -2.98. The van der Waals surface area contributed by atoms with Gasteiger partial charge in [-0.3, -0.25) is 9.59 Å². The predicted molar refractivity (Wildman–Crippen MR) is 93.1 cm³/mol. The van der Waals surface area contributed by atoms with Crippen molar-refractivity contribution in [2.45, 2.75) is 13.0 Å². The number of methoxy groups -OCH3 is 1. The van der Waals surface area contributed by atoms with Crippen LogP contribution in [0, 0.1) is 0 Å². The van der Waals surface area contributed by atoms with Crippen molar-refractivity contribution in [2.24, 2.45) is 0 Å². The first-order valence-corrected chi connectivity index (χ1v) is 8.09. The van der Waals surface area contributed by atoms with Crippen LogP contribution in [0.4, 0.5) is 8.78 Å². The van der Waals surface area contributed by atoms with Crippen LogP contribution in [0.3, 0.4) is 0 Å². The number of nitrogens with one attached hydrogen (secondary N) is 1. The third-order valence-electron chi connectivity index (χ3n) is 3.53. The molecule has 2 aromatic rings. The van der Waals surface area contributed by atoms with Gasteiger partial charge < -0.3 is 19.5 Å². The second-order valence-corrected chi connectivity index (χ2v) is 5.41. The number of rotatable bonds is 9. The molecule has 6 nitrogen and oxygen atoms in total. The molecule has 27 heavy (non-hydrogen) atoms. The lowest BCUT2D eigenvalue weighted by molar-refractivity contribution is -0.142. The molecule has 2 aromatic carbocycles. The topological polar surface area (TPSA) is 73.9 Å². The highest BCUT2D eigenvalue weighted by Crippen LogP contribution is 2.16. The number of halogens is 2. The van der Waals surface area contributed by atoms with Gasteiger partial charge in [-0.15, -0.1) is 0 Å². The minimum Gasteiger partial charge on any atom is -0.497 e. The molecule has 0 saturated heterocycles. The van der Waals surface area contributed by atoms with Gasteiger partial charge in [0.15, 0.2) is 0 Å². The summed E-state index contributed by atoms with van der Waals surface area (Å²) in [6, 6.07) is 12.6. The van der Waals surface area contributed by atoms with E-state index in [1.807, 2.05) is 24.3 Å². The second kappa shape index (κ2) is 10.1. The number of carbonyl (C=O) groups excluding carboxylic acids is 2. The Morgan fingerprint density at radius 3 is 2.48 bits per heavy atom. The summed E-state index contributed by atoms with van der Waals surface area (Å²) in [6.07, 6.45) is 0.524. The summed E-state index contributed by atoms with van der Waals surface area (Å²) in [4.78, 5) is 23.7. The number of benzene rings is 2. The standard InChI is InChI=1S/C19H19F2NO5/c1-25-15-7-5-13(6-8-15)9-10-26-17(23)12-22-18(24)14-3-2-4-16(11-14)27-19(20)21/h2-8,11,19H,9-10,12H2,1H3,(H,22,24). The fraction of sp³-hybridized carbons (Fsp3) is 0.263. The first-order valence-electron chi connectivity index (χ1n) is 8.09. The normalized spacial score (nSPS) is 10.4. The lowest BCUT2D eigenvalue weighted by atomic mass is 10.1. The Balaban J connectivity index is 1.73. The van der Waals surface area contributed by atoms with Crippen LogP contribution < -0.4 is 14.8 Å². The van der Waals surface area contributed by atoms with Gasteiger partial charge >= 0.3 is 12.6 Å². The lowest BCUT2D eigenvalue weighted by Gasteiger charge is -2.08. The van der Waals surface area contributed by atoms with Gasteiger partial charge in [-0.2, -0.15) is 8.78 Å². The van der Waals surface area contributed by atoms with Crippen LogP contribution in [0.15, 0.2) is 48.5 Å². The summed E-state index contributed by atoms with van der Waals surface area (Å²) in [6.45, 7) is -3.15. The van der Waals surface area contributed by atoms with E-state index in [4.69, 9.17) is 9.47 Å². The van der Waals surface area contributed by atoms with Gasteiger partial charge in [0.05, 0.1) is 13.7 Å². The summed E-state index contributed by atoms with van der Waals surface area (Å²) < 4.78 is 38.7. The molecule has 1 amide bonds. The molecule has 0 aliphatic carbocycles. The first kappa shape index (κ1) is 20.2. The average Bonchev–Trinajstić information content (AvgIpc) is 2.66. The van der Waals surface area contributed by atoms with E-state index in [-0.39, 0.29) is 24.5 Å². The number of ether oxygens (including phenoxy) is 3. The maximum atomic E-state index is 12.2. The van der Waals surface area contributed by atoms with E-state index >= 15 is 0 Å². The summed E-state index contributed by atoms with van der Waals surface area (Å²) in [5, 5.41) is 2.37. The predicted octanol–water partition coefficient (Wildman–Crippen LogP) is 2.81. The Morgan fingerprint density at radius 1 is 1.07 bits per heavy atom. The molecular formula is C19H19F2NO5. The fourth-order valence-corrected chi connectivity index (χ4v) is 2.19. The van der Waals surface area contributed by atoms with E-state index in [1.54, 1.807) is 7.11 Å². The van der Waals surface area contributed by atoms with E-state index in [0.29, 0.717) is 6.42 Å². The van der Waals surface area contributed by atoms with E-state index in [1.165, 1.54) is 18.2 Å². The Morgan fingerprint density at radius 2 is 1.81 bits per heavy atom. The zero-order valence-electron chi connectivity index (χ0n) is 14.6. The van der Waals surface area contributed by atoms with Crippen LogP contribution in [0.1, 0.15) is 15.9 Å². The minimum absolute atomic E-state index is 0.0965. The van der Waals surface area contributed by atoms with Crippen LogP contribution in [0.25, 0.3) is 0 Å². The molecule has 1 N–H and O–H groups in total. The van der Waals surface area contributed by atoms with Crippen molar-refractivity contribution in [1.82, 2.24) is 5.32 Å². The monoisotopic (exact) mass is 379 g/mol. The Kier molecular flexibility index (Phi) is 7.54. The molecular weight excluding hydrogens is 360 g/mol. The van der Waals surface area contributed by atoms with Crippen molar-refractivity contribution in [1.29, 1.82) is 0 Å². The van der Waals surface area contributed by atoms with E-state index in [2.05, 4.69) is 10.1 Å². The quantitative estimate of drug-likeness (QED) is 0.679. The second-order valence-electron chi connectivity index (χ2n) is 5.41. The SMILES string of the molecule is COc1ccc(CCOC(=O)CNC(=O)c2cccc(OC(F)F)c2)cc1. The molecule has 0 spiro atoms. The molecule has 0 aromatic heterocycles. The van der Waals surface area contributed by atoms with Crippen molar-refractivity contribution in [3.63, 3.8) is 0 Å². The van der Waals surface area contributed by atoms with Crippen molar-refractivity contribution >= 4 is 11.9 Å². The molecule has 0 aliphatic rings.